The van der Waals surface area contributed by atoms with E-state index in [1.165, 1.54) is 5.56 Å². The van der Waals surface area contributed by atoms with Crippen LogP contribution in [-0.4, -0.2) is 23.2 Å². The minimum absolute atomic E-state index is 0.291. The zero-order valence-electron chi connectivity index (χ0n) is 13.2. The van der Waals surface area contributed by atoms with Gasteiger partial charge in [-0.2, -0.15) is 5.10 Å². The van der Waals surface area contributed by atoms with Crippen LogP contribution < -0.4 is 5.43 Å². The van der Waals surface area contributed by atoms with Crippen LogP contribution in [0.4, 0.5) is 0 Å². The molecule has 1 atom stereocenters. The van der Waals surface area contributed by atoms with Crippen molar-refractivity contribution in [3.63, 3.8) is 0 Å². The average Bonchev–Trinajstić information content (AvgIpc) is 2.48. The molecule has 0 saturated heterocycles. The Balaban J connectivity index is 1.51. The molecule has 2 N–H and O–H groups in total. The van der Waals surface area contributed by atoms with Gasteiger partial charge in [-0.3, -0.25) is 5.43 Å². The highest BCUT2D eigenvalue weighted by Crippen LogP contribution is 2.38. The molecule has 0 spiro atoms. The lowest BCUT2D eigenvalue weighted by Gasteiger charge is -2.39. The summed E-state index contributed by atoms with van der Waals surface area (Å²) in [6.07, 6.45) is 3.65. The summed E-state index contributed by atoms with van der Waals surface area (Å²) < 4.78 is 5.94. The van der Waals surface area contributed by atoms with Crippen molar-refractivity contribution in [2.45, 2.75) is 45.6 Å². The first kappa shape index (κ1) is 15.3. The predicted molar refractivity (Wildman–Crippen MR) is 87.2 cm³/mol. The smallest absolute Gasteiger partial charge is 0.162 e. The zero-order valence-corrected chi connectivity index (χ0v) is 13.2. The molecule has 0 bridgehead atoms. The monoisotopic (exact) mass is 300 g/mol. The van der Waals surface area contributed by atoms with Gasteiger partial charge in [0.2, 0.25) is 0 Å². The second-order valence-electron chi connectivity index (χ2n) is 6.45. The summed E-state index contributed by atoms with van der Waals surface area (Å²) in [5.41, 5.74) is 6.09. The van der Waals surface area contributed by atoms with Crippen LogP contribution in [0.3, 0.4) is 0 Å². The summed E-state index contributed by atoms with van der Waals surface area (Å²) in [5, 5.41) is 14.3. The van der Waals surface area contributed by atoms with Gasteiger partial charge in [-0.15, -0.1) is 0 Å². The largest absolute Gasteiger partial charge is 0.373 e. The summed E-state index contributed by atoms with van der Waals surface area (Å²) in [4.78, 5) is 0. The number of aliphatic hydroxyl groups is 1. The van der Waals surface area contributed by atoms with Gasteiger partial charge in [0, 0.05) is 0 Å². The zero-order chi connectivity index (χ0) is 15.5. The molecule has 1 saturated carbocycles. The maximum absolute atomic E-state index is 10.1. The molecule has 3 rings (SSSR count). The first-order chi connectivity index (χ1) is 10.6. The van der Waals surface area contributed by atoms with Gasteiger partial charge < -0.3 is 9.84 Å². The first-order valence-electron chi connectivity index (χ1n) is 8.01. The van der Waals surface area contributed by atoms with Gasteiger partial charge in [0.1, 0.15) is 0 Å². The third-order valence-corrected chi connectivity index (χ3v) is 4.43. The highest BCUT2D eigenvalue weighted by atomic mass is 16.5. The molecule has 0 aromatic heterocycles. The van der Waals surface area contributed by atoms with Crippen LogP contribution in [-0.2, 0) is 11.3 Å². The number of allylic oxidation sites excluding steroid dienone is 1. The quantitative estimate of drug-likeness (QED) is 0.879. The number of rotatable bonds is 5. The molecule has 1 heterocycles. The summed E-state index contributed by atoms with van der Waals surface area (Å²) in [6, 6.07) is 10.2. The van der Waals surface area contributed by atoms with Crippen molar-refractivity contribution >= 4 is 5.71 Å². The van der Waals surface area contributed by atoms with Gasteiger partial charge >= 0.3 is 0 Å². The van der Waals surface area contributed by atoms with Gasteiger partial charge in [0.15, 0.2) is 6.23 Å². The standard InChI is InChI=1S/C18H24N2O2/c1-12(2)17-10-16(18(21)20-19-17)14-8-15(9-14)22-11-13-6-4-3-5-7-13/h3-7,10,12,14-15,18,20-21H,8-9,11H2,1-2H3. The van der Waals surface area contributed by atoms with Crippen molar-refractivity contribution in [1.82, 2.24) is 5.43 Å². The van der Waals surface area contributed by atoms with Crippen LogP contribution in [0.15, 0.2) is 47.1 Å². The summed E-state index contributed by atoms with van der Waals surface area (Å²) >= 11 is 0. The first-order valence-corrected chi connectivity index (χ1v) is 8.01. The number of hydrogen-bond donors (Lipinski definition) is 2. The van der Waals surface area contributed by atoms with Crippen molar-refractivity contribution in [1.29, 1.82) is 0 Å². The van der Waals surface area contributed by atoms with E-state index < -0.39 is 6.23 Å². The topological polar surface area (TPSA) is 53.9 Å². The number of ether oxygens (including phenoxy) is 1. The Morgan fingerprint density at radius 2 is 2.00 bits per heavy atom. The van der Waals surface area contributed by atoms with Crippen LogP contribution in [0.2, 0.25) is 0 Å². The van der Waals surface area contributed by atoms with E-state index in [-0.39, 0.29) is 0 Å². The van der Waals surface area contributed by atoms with Gasteiger partial charge in [-0.25, -0.2) is 0 Å². The lowest BCUT2D eigenvalue weighted by atomic mass is 9.75. The van der Waals surface area contributed by atoms with Crippen molar-refractivity contribution in [2.75, 3.05) is 0 Å². The van der Waals surface area contributed by atoms with Crippen molar-refractivity contribution in [3.05, 3.63) is 47.5 Å². The molecule has 2 aliphatic rings. The Labute approximate surface area is 131 Å². The lowest BCUT2D eigenvalue weighted by Crippen LogP contribution is -2.41. The van der Waals surface area contributed by atoms with E-state index in [0.717, 1.165) is 24.1 Å². The number of hydrazone groups is 1. The van der Waals surface area contributed by atoms with Crippen LogP contribution in [0.25, 0.3) is 0 Å². The third-order valence-electron chi connectivity index (χ3n) is 4.43. The number of aliphatic hydroxyl groups excluding tert-OH is 1. The van der Waals surface area contributed by atoms with E-state index >= 15 is 0 Å². The molecule has 0 radical (unpaired) electrons. The molecule has 1 unspecified atom stereocenters. The molecule has 1 aromatic carbocycles. The predicted octanol–water partition coefficient (Wildman–Crippen LogP) is 2.84. The minimum atomic E-state index is -0.650. The third kappa shape index (κ3) is 3.39. The maximum atomic E-state index is 10.1. The fraction of sp³-hybridized carbons (Fsp3) is 0.500. The molecule has 1 aliphatic heterocycles. The SMILES string of the molecule is CC(C)C1=NNC(O)C(C2CC(OCc3ccccc3)C2)=C1. The van der Waals surface area contributed by atoms with E-state index in [0.29, 0.717) is 24.5 Å². The van der Waals surface area contributed by atoms with Crippen molar-refractivity contribution in [2.24, 2.45) is 16.9 Å². The molecule has 1 aromatic rings. The van der Waals surface area contributed by atoms with Crippen LogP contribution in [0.5, 0.6) is 0 Å². The van der Waals surface area contributed by atoms with Gasteiger partial charge in [0.25, 0.3) is 0 Å². The number of nitrogens with zero attached hydrogens (tertiary/aromatic N) is 1. The van der Waals surface area contributed by atoms with Gasteiger partial charge in [-0.05, 0) is 41.9 Å². The molecular formula is C18H24N2O2. The van der Waals surface area contributed by atoms with E-state index in [9.17, 15) is 5.11 Å². The molecule has 4 nitrogen and oxygen atoms in total. The number of hydrogen-bond acceptors (Lipinski definition) is 4. The van der Waals surface area contributed by atoms with E-state index in [1.54, 1.807) is 0 Å². The Hall–Kier alpha value is -1.65. The molecule has 22 heavy (non-hydrogen) atoms. The van der Waals surface area contributed by atoms with Crippen molar-refractivity contribution in [3.8, 4) is 0 Å². The van der Waals surface area contributed by atoms with Crippen LogP contribution >= 0.6 is 0 Å². The molecule has 118 valence electrons. The summed E-state index contributed by atoms with van der Waals surface area (Å²) in [6.45, 7) is 4.88. The Morgan fingerprint density at radius 1 is 1.27 bits per heavy atom. The Bertz CT molecular complexity index is 560. The summed E-state index contributed by atoms with van der Waals surface area (Å²) in [7, 11) is 0. The number of benzene rings is 1. The fourth-order valence-electron chi connectivity index (χ4n) is 2.89. The lowest BCUT2D eigenvalue weighted by molar-refractivity contribution is -0.0365. The average molecular weight is 300 g/mol. The van der Waals surface area contributed by atoms with E-state index in [4.69, 9.17) is 4.74 Å². The normalized spacial score (nSPS) is 27.7. The van der Waals surface area contributed by atoms with Crippen LogP contribution in [0.1, 0.15) is 32.3 Å². The fourth-order valence-corrected chi connectivity index (χ4v) is 2.89. The Kier molecular flexibility index (Phi) is 4.60. The number of nitrogens with one attached hydrogen (secondary N) is 1. The highest BCUT2D eigenvalue weighted by molar-refractivity contribution is 5.97. The second kappa shape index (κ2) is 6.63. The van der Waals surface area contributed by atoms with Gasteiger partial charge in [-0.1, -0.05) is 44.2 Å². The Morgan fingerprint density at radius 3 is 2.68 bits per heavy atom. The minimum Gasteiger partial charge on any atom is -0.373 e. The summed E-state index contributed by atoms with van der Waals surface area (Å²) in [5.74, 6) is 0.757. The molecular weight excluding hydrogens is 276 g/mol. The van der Waals surface area contributed by atoms with Crippen molar-refractivity contribution < 1.29 is 9.84 Å². The maximum Gasteiger partial charge on any atom is 0.162 e. The van der Waals surface area contributed by atoms with Crippen LogP contribution in [0, 0.1) is 11.8 Å². The molecule has 4 heteroatoms. The molecule has 1 fully saturated rings. The second-order valence-corrected chi connectivity index (χ2v) is 6.45. The highest BCUT2D eigenvalue weighted by Gasteiger charge is 2.36. The van der Waals surface area contributed by atoms with E-state index in [1.807, 2.05) is 18.2 Å². The van der Waals surface area contributed by atoms with E-state index in [2.05, 4.69) is 42.6 Å². The van der Waals surface area contributed by atoms with Gasteiger partial charge in [0.05, 0.1) is 18.4 Å². The molecule has 0 amide bonds. The molecule has 1 aliphatic carbocycles.